The molecule has 5 aromatic rings. The van der Waals surface area contributed by atoms with E-state index < -0.39 is 5.91 Å². The van der Waals surface area contributed by atoms with Crippen molar-refractivity contribution in [3.05, 3.63) is 100 Å². The fourth-order valence-electron chi connectivity index (χ4n) is 3.61. The smallest absolute Gasteiger partial charge is 0.267 e. The summed E-state index contributed by atoms with van der Waals surface area (Å²) in [4.78, 5) is 30.8. The lowest BCUT2D eigenvalue weighted by Crippen LogP contribution is -2.32. The highest BCUT2D eigenvalue weighted by atomic mass is 32.2. The SMILES string of the molecule is C=CCn1c(=N)c(C(=O)Nc2nnc(SCc3ccccc3F)s2)cc2c(=O)n3ccccc3nc21. The van der Waals surface area contributed by atoms with Crippen LogP contribution in [-0.4, -0.2) is 30.1 Å². The molecule has 0 atom stereocenters. The summed E-state index contributed by atoms with van der Waals surface area (Å²) >= 11 is 2.43. The van der Waals surface area contributed by atoms with Crippen LogP contribution in [0.4, 0.5) is 9.52 Å². The molecular weight excluding hydrogens is 501 g/mol. The van der Waals surface area contributed by atoms with Gasteiger partial charge in [-0.05, 0) is 29.8 Å². The quantitative estimate of drug-likeness (QED) is 0.146. The van der Waals surface area contributed by atoms with E-state index in [-0.39, 0.29) is 45.1 Å². The van der Waals surface area contributed by atoms with Crippen molar-refractivity contribution in [2.24, 2.45) is 0 Å². The summed E-state index contributed by atoms with van der Waals surface area (Å²) in [6.45, 7) is 3.90. The number of nitrogens with one attached hydrogen (secondary N) is 2. The number of aromatic nitrogens is 5. The number of allylic oxidation sites excluding steroid dienone is 1. The van der Waals surface area contributed by atoms with Gasteiger partial charge < -0.3 is 4.57 Å². The Labute approximate surface area is 211 Å². The molecule has 1 aromatic carbocycles. The van der Waals surface area contributed by atoms with Crippen LogP contribution in [0.15, 0.2) is 76.5 Å². The van der Waals surface area contributed by atoms with E-state index in [9.17, 15) is 14.0 Å². The first-order valence-electron chi connectivity index (χ1n) is 10.7. The molecular formula is C24H18FN7O2S2. The minimum atomic E-state index is -0.612. The van der Waals surface area contributed by atoms with E-state index in [4.69, 9.17) is 5.41 Å². The van der Waals surface area contributed by atoms with Crippen LogP contribution in [-0.2, 0) is 12.3 Å². The van der Waals surface area contributed by atoms with E-state index in [1.165, 1.54) is 32.9 Å². The fraction of sp³-hybridized carbons (Fsp3) is 0.0833. The number of halogens is 1. The van der Waals surface area contributed by atoms with E-state index >= 15 is 0 Å². The van der Waals surface area contributed by atoms with Crippen molar-refractivity contribution in [2.75, 3.05) is 5.32 Å². The molecule has 0 bridgehead atoms. The summed E-state index contributed by atoms with van der Waals surface area (Å²) in [7, 11) is 0. The van der Waals surface area contributed by atoms with Gasteiger partial charge in [0, 0.05) is 18.5 Å². The number of amides is 1. The standard InChI is InChI=1S/C24H18FN7O2S2/c1-2-10-32-19(26)15(12-16-20(32)27-18-9-5-6-11-31(18)22(16)34)21(33)28-23-29-30-24(36-23)35-13-14-7-3-4-8-17(14)25/h2-9,11-12,26H,1,10,13H2,(H,28,29,33). The molecule has 5 rings (SSSR count). The summed E-state index contributed by atoms with van der Waals surface area (Å²) in [5, 5.41) is 19.7. The number of nitrogens with zero attached hydrogens (tertiary/aromatic N) is 5. The average molecular weight is 520 g/mol. The predicted octanol–water partition coefficient (Wildman–Crippen LogP) is 3.85. The number of rotatable bonds is 7. The largest absolute Gasteiger partial charge is 0.306 e. The number of hydrogen-bond donors (Lipinski definition) is 2. The molecule has 0 saturated carbocycles. The summed E-state index contributed by atoms with van der Waals surface area (Å²) in [5.41, 5.74) is 0.761. The number of hydrogen-bond acceptors (Lipinski definition) is 8. The average Bonchev–Trinajstić information content (AvgIpc) is 3.32. The van der Waals surface area contributed by atoms with Crippen LogP contribution in [0.5, 0.6) is 0 Å². The van der Waals surface area contributed by atoms with Gasteiger partial charge in [-0.3, -0.25) is 24.7 Å². The molecule has 0 aliphatic carbocycles. The maximum absolute atomic E-state index is 13.9. The van der Waals surface area contributed by atoms with E-state index in [1.54, 1.807) is 48.7 Å². The third-order valence-electron chi connectivity index (χ3n) is 5.31. The van der Waals surface area contributed by atoms with E-state index in [1.807, 2.05) is 0 Å². The Morgan fingerprint density at radius 2 is 2.03 bits per heavy atom. The Hall–Kier alpha value is -4.16. The Balaban J connectivity index is 1.46. The lowest BCUT2D eigenvalue weighted by atomic mass is 10.2. The molecule has 4 heterocycles. The summed E-state index contributed by atoms with van der Waals surface area (Å²) < 4.78 is 17.2. The Bertz CT molecular complexity index is 1760. The van der Waals surface area contributed by atoms with E-state index in [2.05, 4.69) is 27.1 Å². The number of benzene rings is 1. The lowest BCUT2D eigenvalue weighted by molar-refractivity contribution is 0.102. The number of pyridine rings is 2. The second-order valence-electron chi connectivity index (χ2n) is 7.60. The first kappa shape index (κ1) is 23.6. The normalized spacial score (nSPS) is 11.1. The van der Waals surface area contributed by atoms with Crippen molar-refractivity contribution in [1.29, 1.82) is 5.41 Å². The van der Waals surface area contributed by atoms with Crippen LogP contribution in [0, 0.1) is 11.2 Å². The molecule has 9 nitrogen and oxygen atoms in total. The number of anilines is 1. The zero-order chi connectivity index (χ0) is 25.2. The first-order valence-corrected chi connectivity index (χ1v) is 12.5. The first-order chi connectivity index (χ1) is 17.5. The molecule has 12 heteroatoms. The summed E-state index contributed by atoms with van der Waals surface area (Å²) in [5.74, 6) is -0.545. The van der Waals surface area contributed by atoms with Crippen molar-refractivity contribution in [3.8, 4) is 0 Å². The van der Waals surface area contributed by atoms with Crippen molar-refractivity contribution < 1.29 is 9.18 Å². The molecule has 36 heavy (non-hydrogen) atoms. The molecule has 180 valence electrons. The second-order valence-corrected chi connectivity index (χ2v) is 9.80. The third-order valence-corrected chi connectivity index (χ3v) is 7.33. The van der Waals surface area contributed by atoms with Gasteiger partial charge in [0.05, 0.1) is 10.9 Å². The van der Waals surface area contributed by atoms with Gasteiger partial charge in [0.25, 0.3) is 11.5 Å². The molecule has 0 saturated heterocycles. The lowest BCUT2D eigenvalue weighted by Gasteiger charge is -2.12. The molecule has 0 fully saturated rings. The van der Waals surface area contributed by atoms with Gasteiger partial charge in [-0.25, -0.2) is 9.37 Å². The van der Waals surface area contributed by atoms with Gasteiger partial charge in [0.2, 0.25) is 5.13 Å². The molecule has 2 N–H and O–H groups in total. The van der Waals surface area contributed by atoms with Crippen molar-refractivity contribution >= 4 is 50.8 Å². The van der Waals surface area contributed by atoms with Crippen LogP contribution in [0.1, 0.15) is 15.9 Å². The minimum absolute atomic E-state index is 0.0186. The topological polar surface area (TPSA) is 118 Å². The zero-order valence-electron chi connectivity index (χ0n) is 18.6. The maximum atomic E-state index is 13.9. The second kappa shape index (κ2) is 9.84. The summed E-state index contributed by atoms with van der Waals surface area (Å²) in [6, 6.07) is 13.0. The predicted molar refractivity (Wildman–Crippen MR) is 137 cm³/mol. The highest BCUT2D eigenvalue weighted by Gasteiger charge is 2.18. The molecule has 0 spiro atoms. The van der Waals surface area contributed by atoms with Crippen LogP contribution in [0.3, 0.4) is 0 Å². The highest BCUT2D eigenvalue weighted by molar-refractivity contribution is 8.00. The highest BCUT2D eigenvalue weighted by Crippen LogP contribution is 2.29. The van der Waals surface area contributed by atoms with Gasteiger partial charge in [-0.1, -0.05) is 53.4 Å². The van der Waals surface area contributed by atoms with E-state index in [0.717, 1.165) is 11.3 Å². The number of fused-ring (bicyclic) bond motifs is 2. The molecule has 0 aliphatic heterocycles. The van der Waals surface area contributed by atoms with E-state index in [0.29, 0.717) is 21.3 Å². The van der Waals surface area contributed by atoms with Gasteiger partial charge >= 0.3 is 0 Å². The van der Waals surface area contributed by atoms with Gasteiger partial charge in [0.15, 0.2) is 4.34 Å². The molecule has 0 unspecified atom stereocenters. The van der Waals surface area contributed by atoms with Gasteiger partial charge in [-0.2, -0.15) is 0 Å². The zero-order valence-corrected chi connectivity index (χ0v) is 20.3. The van der Waals surface area contributed by atoms with Gasteiger partial charge in [0.1, 0.15) is 22.6 Å². The van der Waals surface area contributed by atoms with Crippen LogP contribution < -0.4 is 16.4 Å². The number of carbonyl (C=O) groups excluding carboxylic acids is 1. The van der Waals surface area contributed by atoms with Crippen LogP contribution in [0.2, 0.25) is 0 Å². The molecule has 0 aliphatic rings. The molecule has 0 radical (unpaired) electrons. The number of carbonyl (C=O) groups is 1. The Morgan fingerprint density at radius 3 is 2.83 bits per heavy atom. The third kappa shape index (κ3) is 4.43. The Kier molecular flexibility index (Phi) is 6.44. The van der Waals surface area contributed by atoms with Crippen molar-refractivity contribution in [1.82, 2.24) is 24.1 Å². The number of thioether (sulfide) groups is 1. The fourth-order valence-corrected chi connectivity index (χ4v) is 5.34. The van der Waals surface area contributed by atoms with Crippen molar-refractivity contribution in [3.63, 3.8) is 0 Å². The minimum Gasteiger partial charge on any atom is -0.306 e. The van der Waals surface area contributed by atoms with Gasteiger partial charge in [-0.15, -0.1) is 16.8 Å². The van der Waals surface area contributed by atoms with Crippen LogP contribution >= 0.6 is 23.1 Å². The monoisotopic (exact) mass is 519 g/mol. The molecule has 4 aromatic heterocycles. The Morgan fingerprint density at radius 1 is 1.22 bits per heavy atom. The maximum Gasteiger partial charge on any atom is 0.267 e. The summed E-state index contributed by atoms with van der Waals surface area (Å²) in [6.07, 6.45) is 3.16. The molecule has 1 amide bonds. The van der Waals surface area contributed by atoms with Crippen LogP contribution in [0.25, 0.3) is 16.7 Å². The van der Waals surface area contributed by atoms with Crippen molar-refractivity contribution in [2.45, 2.75) is 16.6 Å².